The van der Waals surface area contributed by atoms with E-state index in [9.17, 15) is 13.2 Å². The molecule has 0 heterocycles. The van der Waals surface area contributed by atoms with Crippen molar-refractivity contribution in [3.63, 3.8) is 0 Å². The lowest BCUT2D eigenvalue weighted by atomic mass is 10.1. The molecule has 1 aromatic rings. The molecule has 0 unspecified atom stereocenters. The third-order valence-electron chi connectivity index (χ3n) is 3.55. The van der Waals surface area contributed by atoms with Gasteiger partial charge in [0.2, 0.25) is 0 Å². The van der Waals surface area contributed by atoms with Gasteiger partial charge in [0.1, 0.15) is 11.5 Å². The summed E-state index contributed by atoms with van der Waals surface area (Å²) in [6.07, 6.45) is 0. The van der Waals surface area contributed by atoms with E-state index in [4.69, 9.17) is 9.47 Å². The van der Waals surface area contributed by atoms with Crippen LogP contribution in [0.25, 0.3) is 0 Å². The molecule has 0 aliphatic carbocycles. The van der Waals surface area contributed by atoms with Gasteiger partial charge in [-0.25, -0.2) is 8.42 Å². The van der Waals surface area contributed by atoms with Gasteiger partial charge < -0.3 is 14.4 Å². The van der Waals surface area contributed by atoms with E-state index >= 15 is 0 Å². The highest BCUT2D eigenvalue weighted by atomic mass is 32.2. The van der Waals surface area contributed by atoms with Crippen LogP contribution in [0.4, 0.5) is 0 Å². The van der Waals surface area contributed by atoms with Crippen molar-refractivity contribution in [2.24, 2.45) is 0 Å². The van der Waals surface area contributed by atoms with E-state index < -0.39 is 15.9 Å². The third kappa shape index (κ3) is 4.37. The maximum absolute atomic E-state index is 12.6. The zero-order valence-electron chi connectivity index (χ0n) is 13.6. The Morgan fingerprint density at radius 2 is 1.91 bits per heavy atom. The summed E-state index contributed by atoms with van der Waals surface area (Å²) in [6, 6.07) is 4.49. The molecular weight excluding hydrogens is 306 g/mol. The minimum atomic E-state index is -3.16. The number of amides is 1. The number of carbonyl (C=O) groups excluding carboxylic acids is 1. The highest BCUT2D eigenvalue weighted by Crippen LogP contribution is 2.25. The number of benzene rings is 1. The van der Waals surface area contributed by atoms with E-state index in [1.807, 2.05) is 0 Å². The molecule has 0 spiro atoms. The molecule has 0 aliphatic heterocycles. The number of ether oxygens (including phenoxy) is 2. The first kappa shape index (κ1) is 18.3. The van der Waals surface area contributed by atoms with Gasteiger partial charge in [-0.2, -0.15) is 0 Å². The number of nitrogens with zero attached hydrogens (tertiary/aromatic N) is 1. The molecule has 6 nitrogen and oxygen atoms in total. The molecule has 0 fully saturated rings. The predicted molar refractivity (Wildman–Crippen MR) is 85.4 cm³/mol. The fourth-order valence-corrected chi connectivity index (χ4v) is 3.16. The molecule has 0 saturated heterocycles. The van der Waals surface area contributed by atoms with Crippen LogP contribution >= 0.6 is 0 Å². The fraction of sp³-hybridized carbons (Fsp3) is 0.533. The van der Waals surface area contributed by atoms with E-state index in [1.54, 1.807) is 39.1 Å². The Morgan fingerprint density at radius 1 is 1.27 bits per heavy atom. The molecule has 1 aromatic carbocycles. The lowest BCUT2D eigenvalue weighted by Gasteiger charge is -2.25. The molecule has 7 heteroatoms. The van der Waals surface area contributed by atoms with Crippen molar-refractivity contribution < 1.29 is 22.7 Å². The van der Waals surface area contributed by atoms with Crippen LogP contribution < -0.4 is 9.47 Å². The average Bonchev–Trinajstić information content (AvgIpc) is 2.52. The monoisotopic (exact) mass is 329 g/mol. The summed E-state index contributed by atoms with van der Waals surface area (Å²) in [6.45, 7) is 3.30. The topological polar surface area (TPSA) is 72.9 Å². The largest absolute Gasteiger partial charge is 0.497 e. The molecule has 124 valence electrons. The summed E-state index contributed by atoms with van der Waals surface area (Å²) in [5.41, 5.74) is 0.338. The van der Waals surface area contributed by atoms with Gasteiger partial charge in [-0.05, 0) is 25.1 Å². The average molecular weight is 329 g/mol. The Kier molecular flexibility index (Phi) is 6.22. The fourth-order valence-electron chi connectivity index (χ4n) is 1.97. The highest BCUT2D eigenvalue weighted by molar-refractivity contribution is 7.91. The van der Waals surface area contributed by atoms with Gasteiger partial charge >= 0.3 is 0 Å². The van der Waals surface area contributed by atoms with Crippen LogP contribution in [0.2, 0.25) is 0 Å². The summed E-state index contributed by atoms with van der Waals surface area (Å²) >= 11 is 0. The zero-order valence-corrected chi connectivity index (χ0v) is 14.4. The Labute approximate surface area is 131 Å². The third-order valence-corrected chi connectivity index (χ3v) is 5.42. The van der Waals surface area contributed by atoms with Crippen LogP contribution in [-0.4, -0.2) is 58.0 Å². The zero-order chi connectivity index (χ0) is 16.9. The number of rotatable bonds is 7. The van der Waals surface area contributed by atoms with E-state index in [1.165, 1.54) is 19.1 Å². The van der Waals surface area contributed by atoms with Crippen LogP contribution in [0.1, 0.15) is 24.2 Å². The van der Waals surface area contributed by atoms with Crippen LogP contribution in [0.5, 0.6) is 11.5 Å². The quantitative estimate of drug-likeness (QED) is 0.760. The van der Waals surface area contributed by atoms with Crippen molar-refractivity contribution in [3.05, 3.63) is 23.8 Å². The first-order valence-electron chi connectivity index (χ1n) is 6.95. The van der Waals surface area contributed by atoms with Gasteiger partial charge in [-0.15, -0.1) is 0 Å². The maximum atomic E-state index is 12.6. The van der Waals surface area contributed by atoms with E-state index in [-0.39, 0.29) is 17.4 Å². The maximum Gasteiger partial charge on any atom is 0.257 e. The summed E-state index contributed by atoms with van der Waals surface area (Å²) in [5, 5.41) is 0. The summed E-state index contributed by atoms with van der Waals surface area (Å²) in [7, 11) is 1.41. The van der Waals surface area contributed by atoms with Gasteiger partial charge in [0, 0.05) is 18.8 Å². The standard InChI is InChI=1S/C15H23NO5S/c1-6-22(18,19)10-11(2)16(3)15(17)13-9-12(20-4)7-8-14(13)21-5/h7-9,11H,6,10H2,1-5H3/t11-/m0/s1. The molecule has 0 aromatic heterocycles. The summed E-state index contributed by atoms with van der Waals surface area (Å²) in [4.78, 5) is 14.0. The van der Waals surface area contributed by atoms with Crippen LogP contribution in [-0.2, 0) is 9.84 Å². The second-order valence-corrected chi connectivity index (χ2v) is 7.43. The Hall–Kier alpha value is -1.76. The molecule has 0 N–H and O–H groups in total. The van der Waals surface area contributed by atoms with E-state index in [0.29, 0.717) is 17.1 Å². The summed E-state index contributed by atoms with van der Waals surface area (Å²) < 4.78 is 33.7. The molecule has 22 heavy (non-hydrogen) atoms. The lowest BCUT2D eigenvalue weighted by molar-refractivity contribution is 0.0753. The number of methoxy groups -OCH3 is 2. The first-order valence-corrected chi connectivity index (χ1v) is 8.77. The highest BCUT2D eigenvalue weighted by Gasteiger charge is 2.24. The summed E-state index contributed by atoms with van der Waals surface area (Å²) in [5.74, 6) is 0.629. The minimum absolute atomic E-state index is 0.0574. The smallest absolute Gasteiger partial charge is 0.257 e. The van der Waals surface area contributed by atoms with E-state index in [2.05, 4.69) is 0 Å². The minimum Gasteiger partial charge on any atom is -0.497 e. The first-order chi connectivity index (χ1) is 10.3. The molecule has 1 atom stereocenters. The van der Waals surface area contributed by atoms with Crippen molar-refractivity contribution in [1.82, 2.24) is 4.90 Å². The van der Waals surface area contributed by atoms with Crippen molar-refractivity contribution in [2.45, 2.75) is 19.9 Å². The van der Waals surface area contributed by atoms with Crippen molar-refractivity contribution >= 4 is 15.7 Å². The van der Waals surface area contributed by atoms with Gasteiger partial charge in [0.05, 0.1) is 25.5 Å². The molecular formula is C15H23NO5S. The normalized spacial score (nSPS) is 12.6. The Balaban J connectivity index is 3.04. The van der Waals surface area contributed by atoms with Gasteiger partial charge in [0.15, 0.2) is 9.84 Å². The van der Waals surface area contributed by atoms with Crippen molar-refractivity contribution in [1.29, 1.82) is 0 Å². The second kappa shape index (κ2) is 7.49. The van der Waals surface area contributed by atoms with Crippen molar-refractivity contribution in [2.75, 3.05) is 32.8 Å². The van der Waals surface area contributed by atoms with Crippen LogP contribution in [0.15, 0.2) is 18.2 Å². The molecule has 0 radical (unpaired) electrons. The molecule has 0 bridgehead atoms. The number of carbonyl (C=O) groups is 1. The number of sulfone groups is 1. The molecule has 0 saturated carbocycles. The predicted octanol–water partition coefficient (Wildman–Crippen LogP) is 1.60. The van der Waals surface area contributed by atoms with Crippen LogP contribution in [0.3, 0.4) is 0 Å². The van der Waals surface area contributed by atoms with E-state index in [0.717, 1.165) is 0 Å². The van der Waals surface area contributed by atoms with Gasteiger partial charge in [0.25, 0.3) is 5.91 Å². The number of hydrogen-bond donors (Lipinski definition) is 0. The molecule has 1 amide bonds. The number of hydrogen-bond acceptors (Lipinski definition) is 5. The molecule has 1 rings (SSSR count). The second-order valence-electron chi connectivity index (χ2n) is 5.03. The lowest BCUT2D eigenvalue weighted by Crippen LogP contribution is -2.39. The van der Waals surface area contributed by atoms with Gasteiger partial charge in [-0.3, -0.25) is 4.79 Å². The van der Waals surface area contributed by atoms with Gasteiger partial charge in [-0.1, -0.05) is 6.92 Å². The Morgan fingerprint density at radius 3 is 2.41 bits per heavy atom. The van der Waals surface area contributed by atoms with Crippen molar-refractivity contribution in [3.8, 4) is 11.5 Å². The Bertz CT molecular complexity index is 627. The van der Waals surface area contributed by atoms with Crippen LogP contribution in [0, 0.1) is 0 Å². The SMILES string of the molecule is CCS(=O)(=O)C[C@H](C)N(C)C(=O)c1cc(OC)ccc1OC. The molecule has 0 aliphatic rings.